The van der Waals surface area contributed by atoms with E-state index >= 15 is 0 Å². The van der Waals surface area contributed by atoms with Crippen LogP contribution >= 0.6 is 11.8 Å². The topological polar surface area (TPSA) is 105 Å². The molecular formula is C16H24O6S-2. The molecule has 2 rings (SSSR count). The predicted molar refractivity (Wildman–Crippen MR) is 81.6 cm³/mol. The number of carboxylic acids is 2. The molecule has 6 atom stereocenters. The third-order valence-corrected chi connectivity index (χ3v) is 6.24. The molecule has 0 bridgehead atoms. The lowest BCUT2D eigenvalue weighted by molar-refractivity contribution is -0.309. The number of thioether (sulfide) groups is 1. The number of carbonyl (C=O) groups is 2. The van der Waals surface area contributed by atoms with Crippen molar-refractivity contribution in [3.05, 3.63) is 0 Å². The third-order valence-electron chi connectivity index (χ3n) is 4.68. The summed E-state index contributed by atoms with van der Waals surface area (Å²) in [4.78, 5) is 23.3. The second-order valence-electron chi connectivity index (χ2n) is 6.79. The standard InChI is InChI=1S/C16H26O6S/c1-5-9-11(21-9)7-15(3,13(17)18)23-16(4,14(19)20)8-12-10(6-2)22-12/h9-12H,5-8H2,1-4H3,(H,17,18)(H,19,20)/p-2. The highest BCUT2D eigenvalue weighted by molar-refractivity contribution is 8.03. The van der Waals surface area contributed by atoms with Crippen molar-refractivity contribution in [1.29, 1.82) is 0 Å². The van der Waals surface area contributed by atoms with Crippen molar-refractivity contribution < 1.29 is 29.3 Å². The van der Waals surface area contributed by atoms with Crippen LogP contribution in [0, 0.1) is 0 Å². The molecule has 7 heteroatoms. The number of aliphatic carboxylic acids is 2. The minimum Gasteiger partial charge on any atom is -0.549 e. The Morgan fingerprint density at radius 1 is 0.870 bits per heavy atom. The Kier molecular flexibility index (Phi) is 5.33. The molecular weight excluding hydrogens is 320 g/mol. The molecule has 2 fully saturated rings. The van der Waals surface area contributed by atoms with E-state index in [4.69, 9.17) is 9.47 Å². The van der Waals surface area contributed by atoms with Crippen LogP contribution in [0.15, 0.2) is 0 Å². The van der Waals surface area contributed by atoms with Gasteiger partial charge in [0.2, 0.25) is 0 Å². The van der Waals surface area contributed by atoms with Crippen molar-refractivity contribution in [2.45, 2.75) is 87.3 Å². The minimum absolute atomic E-state index is 0.0553. The van der Waals surface area contributed by atoms with E-state index in [0.29, 0.717) is 0 Å². The average Bonchev–Trinajstić information content (AvgIpc) is 3.35. The number of hydrogen-bond acceptors (Lipinski definition) is 7. The summed E-state index contributed by atoms with van der Waals surface area (Å²) in [6.07, 6.45) is 1.88. The molecule has 6 nitrogen and oxygen atoms in total. The van der Waals surface area contributed by atoms with Crippen LogP contribution in [0.3, 0.4) is 0 Å². The molecule has 2 aliphatic heterocycles. The van der Waals surface area contributed by atoms with Gasteiger partial charge in [0.1, 0.15) is 0 Å². The maximum atomic E-state index is 11.7. The number of carboxylic acid groups (broad SMARTS) is 2. The SMILES string of the molecule is CCC1OC1CC(C)(SC(C)(CC1OC1CC)C(=O)[O-])C(=O)[O-]. The van der Waals surface area contributed by atoms with Gasteiger partial charge < -0.3 is 29.3 Å². The highest BCUT2D eigenvalue weighted by atomic mass is 32.2. The summed E-state index contributed by atoms with van der Waals surface area (Å²) in [5.74, 6) is -2.55. The van der Waals surface area contributed by atoms with Gasteiger partial charge in [0.05, 0.1) is 45.8 Å². The van der Waals surface area contributed by atoms with E-state index in [0.717, 1.165) is 24.6 Å². The molecule has 0 aromatic heterocycles. The van der Waals surface area contributed by atoms with Gasteiger partial charge in [0, 0.05) is 0 Å². The molecule has 0 N–H and O–H groups in total. The Labute approximate surface area is 140 Å². The van der Waals surface area contributed by atoms with Gasteiger partial charge in [-0.05, 0) is 39.5 Å². The Balaban J connectivity index is 2.08. The molecule has 2 saturated heterocycles. The van der Waals surface area contributed by atoms with Gasteiger partial charge in [0.25, 0.3) is 0 Å². The number of ether oxygens (including phenoxy) is 2. The van der Waals surface area contributed by atoms with Crippen LogP contribution in [0.2, 0.25) is 0 Å². The zero-order valence-corrected chi connectivity index (χ0v) is 14.8. The van der Waals surface area contributed by atoms with Gasteiger partial charge in [-0.1, -0.05) is 13.8 Å². The summed E-state index contributed by atoms with van der Waals surface area (Å²) in [5.41, 5.74) is 0. The molecule has 2 aliphatic rings. The third kappa shape index (κ3) is 4.19. The van der Waals surface area contributed by atoms with Gasteiger partial charge in [-0.15, -0.1) is 11.8 Å². The maximum absolute atomic E-state index is 11.7. The smallest absolute Gasteiger partial charge is 0.0858 e. The van der Waals surface area contributed by atoms with Gasteiger partial charge in [0.15, 0.2) is 0 Å². The van der Waals surface area contributed by atoms with Crippen molar-refractivity contribution in [3.8, 4) is 0 Å². The highest BCUT2D eigenvalue weighted by Crippen LogP contribution is 2.47. The highest BCUT2D eigenvalue weighted by Gasteiger charge is 2.49. The summed E-state index contributed by atoms with van der Waals surface area (Å²) in [5, 5.41) is 23.3. The average molecular weight is 344 g/mol. The molecule has 0 aromatic carbocycles. The van der Waals surface area contributed by atoms with Crippen molar-refractivity contribution in [2.24, 2.45) is 0 Å². The summed E-state index contributed by atoms with van der Waals surface area (Å²) in [6, 6.07) is 0. The van der Waals surface area contributed by atoms with Crippen molar-refractivity contribution in [3.63, 3.8) is 0 Å². The first-order valence-electron chi connectivity index (χ1n) is 8.09. The molecule has 0 saturated carbocycles. The maximum Gasteiger partial charge on any atom is 0.0858 e. The van der Waals surface area contributed by atoms with Gasteiger partial charge >= 0.3 is 0 Å². The van der Waals surface area contributed by atoms with E-state index in [1.807, 2.05) is 13.8 Å². The zero-order valence-electron chi connectivity index (χ0n) is 14.0. The van der Waals surface area contributed by atoms with Crippen molar-refractivity contribution in [1.82, 2.24) is 0 Å². The number of epoxide rings is 2. The molecule has 0 amide bonds. The van der Waals surface area contributed by atoms with Crippen LogP contribution in [-0.2, 0) is 19.1 Å². The van der Waals surface area contributed by atoms with E-state index in [2.05, 4.69) is 0 Å². The fourth-order valence-corrected chi connectivity index (χ4v) is 4.69. The number of hydrogen-bond donors (Lipinski definition) is 0. The fourth-order valence-electron chi connectivity index (χ4n) is 3.03. The van der Waals surface area contributed by atoms with Crippen LogP contribution < -0.4 is 10.2 Å². The van der Waals surface area contributed by atoms with Gasteiger partial charge in [-0.2, -0.15) is 0 Å². The van der Waals surface area contributed by atoms with Crippen molar-refractivity contribution in [2.75, 3.05) is 0 Å². The molecule has 132 valence electrons. The van der Waals surface area contributed by atoms with E-state index in [-0.39, 0.29) is 37.3 Å². The Hall–Kier alpha value is -0.790. The fraction of sp³-hybridized carbons (Fsp3) is 0.875. The Morgan fingerprint density at radius 2 is 1.22 bits per heavy atom. The first kappa shape index (κ1) is 18.5. The molecule has 0 aromatic rings. The first-order valence-corrected chi connectivity index (χ1v) is 8.91. The summed E-state index contributed by atoms with van der Waals surface area (Å²) in [6.45, 7) is 6.95. The van der Waals surface area contributed by atoms with E-state index in [1.54, 1.807) is 0 Å². The van der Waals surface area contributed by atoms with Crippen LogP contribution in [0.4, 0.5) is 0 Å². The zero-order chi connectivity index (χ0) is 17.4. The minimum atomic E-state index is -1.35. The van der Waals surface area contributed by atoms with Crippen LogP contribution in [-0.4, -0.2) is 45.8 Å². The van der Waals surface area contributed by atoms with Crippen LogP contribution in [0.25, 0.3) is 0 Å². The molecule has 0 aliphatic carbocycles. The quantitative estimate of drug-likeness (QED) is 0.508. The molecule has 2 heterocycles. The summed E-state index contributed by atoms with van der Waals surface area (Å²) >= 11 is 0.888. The van der Waals surface area contributed by atoms with E-state index in [9.17, 15) is 19.8 Å². The second-order valence-corrected chi connectivity index (χ2v) is 8.80. The van der Waals surface area contributed by atoms with Crippen molar-refractivity contribution >= 4 is 23.7 Å². The largest absolute Gasteiger partial charge is 0.549 e. The second kappa shape index (κ2) is 6.61. The lowest BCUT2D eigenvalue weighted by Crippen LogP contribution is -2.52. The summed E-state index contributed by atoms with van der Waals surface area (Å²) < 4.78 is 8.15. The number of rotatable bonds is 10. The summed E-state index contributed by atoms with van der Waals surface area (Å²) in [7, 11) is 0. The predicted octanol–water partition coefficient (Wildman–Crippen LogP) is -0.128. The van der Waals surface area contributed by atoms with Gasteiger partial charge in [-0.25, -0.2) is 0 Å². The number of carbonyl (C=O) groups excluding carboxylic acids is 2. The lowest BCUT2D eigenvalue weighted by atomic mass is 10.0. The molecule has 23 heavy (non-hydrogen) atoms. The normalized spacial score (nSPS) is 34.3. The molecule has 0 radical (unpaired) electrons. The van der Waals surface area contributed by atoms with Gasteiger partial charge in [-0.3, -0.25) is 0 Å². The molecule has 6 unspecified atom stereocenters. The monoisotopic (exact) mass is 344 g/mol. The Morgan fingerprint density at radius 3 is 1.43 bits per heavy atom. The lowest BCUT2D eigenvalue weighted by Gasteiger charge is -2.40. The van der Waals surface area contributed by atoms with E-state index < -0.39 is 21.4 Å². The molecule has 0 spiro atoms. The van der Waals surface area contributed by atoms with Crippen LogP contribution in [0.1, 0.15) is 53.4 Å². The first-order chi connectivity index (χ1) is 10.6. The van der Waals surface area contributed by atoms with E-state index in [1.165, 1.54) is 13.8 Å². The van der Waals surface area contributed by atoms with Crippen LogP contribution in [0.5, 0.6) is 0 Å². The Bertz CT molecular complexity index is 441.